The molecule has 1 aromatic carbocycles. The summed E-state index contributed by atoms with van der Waals surface area (Å²) >= 11 is 0. The van der Waals surface area contributed by atoms with E-state index in [0.29, 0.717) is 17.8 Å². The molecule has 0 bridgehead atoms. The van der Waals surface area contributed by atoms with Crippen molar-refractivity contribution in [1.82, 2.24) is 10.3 Å². The fourth-order valence-electron chi connectivity index (χ4n) is 2.95. The fraction of sp³-hybridized carbons (Fsp3) is 0.333. The number of nitrogen functional groups attached to an aromatic ring is 1. The van der Waals surface area contributed by atoms with Gasteiger partial charge in [-0.15, -0.1) is 24.8 Å². The number of aryl methyl sites for hydroxylation is 1. The number of hydrogen-bond acceptors (Lipinski definition) is 4. The molecule has 0 spiro atoms. The number of ether oxygens (including phenoxy) is 1. The minimum Gasteiger partial charge on any atom is -0.487 e. The van der Waals surface area contributed by atoms with Gasteiger partial charge in [-0.2, -0.15) is 0 Å². The molecule has 1 aromatic heterocycles. The Kier molecular flexibility index (Phi) is 6.68. The topological polar surface area (TPSA) is 77.2 Å². The molecule has 1 atom stereocenters. The number of benzene rings is 1. The molecule has 136 valence electrons. The first kappa shape index (κ1) is 21.1. The number of nitrogens with one attached hydrogen (secondary N) is 1. The molecule has 2 aromatic rings. The van der Waals surface area contributed by atoms with Crippen LogP contribution in [0.2, 0.25) is 0 Å². The lowest BCUT2D eigenvalue weighted by Gasteiger charge is -2.38. The molecular weight excluding hydrogens is 361 g/mol. The molecule has 0 aliphatic carbocycles. The van der Waals surface area contributed by atoms with Crippen molar-refractivity contribution >= 4 is 36.4 Å². The Morgan fingerprint density at radius 2 is 2.04 bits per heavy atom. The van der Waals surface area contributed by atoms with Crippen molar-refractivity contribution in [3.8, 4) is 5.75 Å². The van der Waals surface area contributed by atoms with Crippen LogP contribution in [0.15, 0.2) is 36.5 Å². The lowest BCUT2D eigenvalue weighted by Crippen LogP contribution is -2.41. The van der Waals surface area contributed by atoms with Crippen LogP contribution in [0.3, 0.4) is 0 Å². The van der Waals surface area contributed by atoms with Gasteiger partial charge in [-0.05, 0) is 50.6 Å². The van der Waals surface area contributed by atoms with E-state index in [1.54, 1.807) is 6.20 Å². The summed E-state index contributed by atoms with van der Waals surface area (Å²) in [6.07, 6.45) is 2.29. The van der Waals surface area contributed by atoms with Gasteiger partial charge in [0.05, 0.1) is 6.04 Å². The SMILES string of the molecule is Cc1cccnc1C(=O)NC1CC(C)(C)Oc2ccc(N)cc21.Cl.Cl. The second-order valence-corrected chi connectivity index (χ2v) is 6.56. The third kappa shape index (κ3) is 4.55. The third-order valence-electron chi connectivity index (χ3n) is 4.02. The lowest BCUT2D eigenvalue weighted by atomic mass is 9.89. The molecule has 3 N–H and O–H groups in total. The highest BCUT2D eigenvalue weighted by molar-refractivity contribution is 5.94. The van der Waals surface area contributed by atoms with E-state index in [-0.39, 0.29) is 42.4 Å². The maximum absolute atomic E-state index is 12.6. The van der Waals surface area contributed by atoms with Crippen molar-refractivity contribution in [2.75, 3.05) is 5.73 Å². The summed E-state index contributed by atoms with van der Waals surface area (Å²) in [4.78, 5) is 16.8. The van der Waals surface area contributed by atoms with Crippen molar-refractivity contribution < 1.29 is 9.53 Å². The zero-order chi connectivity index (χ0) is 16.6. The van der Waals surface area contributed by atoms with Gasteiger partial charge in [0.1, 0.15) is 17.0 Å². The number of rotatable bonds is 2. The molecule has 1 aliphatic heterocycles. The van der Waals surface area contributed by atoms with Gasteiger partial charge < -0.3 is 15.8 Å². The normalized spacial score (nSPS) is 17.2. The summed E-state index contributed by atoms with van der Waals surface area (Å²) in [6.45, 7) is 5.90. The van der Waals surface area contributed by atoms with E-state index < -0.39 is 0 Å². The molecular formula is C18H23Cl2N3O2. The van der Waals surface area contributed by atoms with Crippen LogP contribution in [0.1, 0.15) is 47.9 Å². The van der Waals surface area contributed by atoms with E-state index in [0.717, 1.165) is 16.9 Å². The van der Waals surface area contributed by atoms with Crippen LogP contribution in [-0.4, -0.2) is 16.5 Å². The summed E-state index contributed by atoms with van der Waals surface area (Å²) in [5.41, 5.74) is 8.40. The van der Waals surface area contributed by atoms with Crippen LogP contribution in [0.5, 0.6) is 5.75 Å². The van der Waals surface area contributed by atoms with Gasteiger partial charge in [0.15, 0.2) is 0 Å². The number of nitrogens with zero attached hydrogens (tertiary/aromatic N) is 1. The van der Waals surface area contributed by atoms with Crippen LogP contribution in [0.25, 0.3) is 0 Å². The van der Waals surface area contributed by atoms with Crippen molar-refractivity contribution in [1.29, 1.82) is 0 Å². The molecule has 5 nitrogen and oxygen atoms in total. The number of carbonyl (C=O) groups excluding carboxylic acids is 1. The van der Waals surface area contributed by atoms with Gasteiger partial charge in [-0.1, -0.05) is 6.07 Å². The highest BCUT2D eigenvalue weighted by Crippen LogP contribution is 2.40. The number of carbonyl (C=O) groups is 1. The Bertz CT molecular complexity index is 766. The molecule has 25 heavy (non-hydrogen) atoms. The number of hydrogen-bond donors (Lipinski definition) is 2. The maximum Gasteiger partial charge on any atom is 0.270 e. The van der Waals surface area contributed by atoms with Gasteiger partial charge in [-0.25, -0.2) is 0 Å². The van der Waals surface area contributed by atoms with Gasteiger partial charge in [-0.3, -0.25) is 9.78 Å². The number of nitrogens with two attached hydrogens (primary N) is 1. The van der Waals surface area contributed by atoms with Crippen molar-refractivity contribution in [2.45, 2.75) is 38.8 Å². The number of halogens is 2. The minimum absolute atomic E-state index is 0. The average molecular weight is 384 g/mol. The molecule has 2 heterocycles. The number of aromatic nitrogens is 1. The van der Waals surface area contributed by atoms with Crippen LogP contribution in [0, 0.1) is 6.92 Å². The standard InChI is InChI=1S/C18H21N3O2.2ClH/c1-11-5-4-8-20-16(11)17(22)21-14-10-18(2,3)23-15-7-6-12(19)9-13(14)15;;/h4-9,14H,10,19H2,1-3H3,(H,21,22);2*1H. The van der Waals surface area contributed by atoms with E-state index in [4.69, 9.17) is 10.5 Å². The first-order valence-electron chi connectivity index (χ1n) is 7.67. The lowest BCUT2D eigenvalue weighted by molar-refractivity contribution is 0.0618. The van der Waals surface area contributed by atoms with Crippen LogP contribution >= 0.6 is 24.8 Å². The van der Waals surface area contributed by atoms with Gasteiger partial charge >= 0.3 is 0 Å². The van der Waals surface area contributed by atoms with Crippen LogP contribution in [0.4, 0.5) is 5.69 Å². The molecule has 1 aliphatic rings. The first-order chi connectivity index (χ1) is 10.9. The van der Waals surface area contributed by atoms with E-state index in [1.165, 1.54) is 0 Å². The predicted molar refractivity (Wildman–Crippen MR) is 104 cm³/mol. The smallest absolute Gasteiger partial charge is 0.270 e. The Morgan fingerprint density at radius 1 is 1.32 bits per heavy atom. The van der Waals surface area contributed by atoms with Gasteiger partial charge in [0.2, 0.25) is 0 Å². The fourth-order valence-corrected chi connectivity index (χ4v) is 2.95. The molecule has 0 saturated heterocycles. The molecule has 1 amide bonds. The van der Waals surface area contributed by atoms with Crippen molar-refractivity contribution in [3.05, 3.63) is 53.3 Å². The summed E-state index contributed by atoms with van der Waals surface area (Å²) in [5.74, 6) is 0.581. The molecule has 7 heteroatoms. The number of fused-ring (bicyclic) bond motifs is 1. The minimum atomic E-state index is -0.361. The Morgan fingerprint density at radius 3 is 2.72 bits per heavy atom. The van der Waals surface area contributed by atoms with E-state index in [1.807, 2.05) is 51.1 Å². The number of pyridine rings is 1. The highest BCUT2D eigenvalue weighted by Gasteiger charge is 2.35. The third-order valence-corrected chi connectivity index (χ3v) is 4.02. The monoisotopic (exact) mass is 383 g/mol. The average Bonchev–Trinajstić information content (AvgIpc) is 2.47. The molecule has 0 fully saturated rings. The summed E-state index contributed by atoms with van der Waals surface area (Å²) in [6, 6.07) is 9.06. The highest BCUT2D eigenvalue weighted by atomic mass is 35.5. The van der Waals surface area contributed by atoms with Crippen LogP contribution in [-0.2, 0) is 0 Å². The van der Waals surface area contributed by atoms with Gasteiger partial charge in [0.25, 0.3) is 5.91 Å². The molecule has 0 radical (unpaired) electrons. The zero-order valence-electron chi connectivity index (χ0n) is 14.4. The Balaban J connectivity index is 0.00000156. The molecule has 0 saturated carbocycles. The Hall–Kier alpha value is -1.98. The maximum atomic E-state index is 12.6. The quantitative estimate of drug-likeness (QED) is 0.772. The molecule has 1 unspecified atom stereocenters. The van der Waals surface area contributed by atoms with Gasteiger partial charge in [0, 0.05) is 23.9 Å². The largest absolute Gasteiger partial charge is 0.487 e. The zero-order valence-corrected chi connectivity index (χ0v) is 16.0. The van der Waals surface area contributed by atoms with E-state index in [2.05, 4.69) is 10.3 Å². The number of amides is 1. The Labute approximate surface area is 160 Å². The molecule has 3 rings (SSSR count). The van der Waals surface area contributed by atoms with Crippen molar-refractivity contribution in [2.24, 2.45) is 0 Å². The van der Waals surface area contributed by atoms with E-state index in [9.17, 15) is 4.79 Å². The summed E-state index contributed by atoms with van der Waals surface area (Å²) < 4.78 is 5.99. The first-order valence-corrected chi connectivity index (χ1v) is 7.67. The second kappa shape index (κ2) is 7.93. The van der Waals surface area contributed by atoms with E-state index >= 15 is 0 Å². The predicted octanol–water partition coefficient (Wildman–Crippen LogP) is 3.85. The second-order valence-electron chi connectivity index (χ2n) is 6.56. The van der Waals surface area contributed by atoms with Crippen molar-refractivity contribution in [3.63, 3.8) is 0 Å². The summed E-state index contributed by atoms with van der Waals surface area (Å²) in [7, 11) is 0. The summed E-state index contributed by atoms with van der Waals surface area (Å²) in [5, 5.41) is 3.08. The number of anilines is 1. The van der Waals surface area contributed by atoms with Crippen LogP contribution < -0.4 is 15.8 Å².